The highest BCUT2D eigenvalue weighted by Gasteiger charge is 2.30. The van der Waals surface area contributed by atoms with Gasteiger partial charge in [-0.1, -0.05) is 12.1 Å². The van der Waals surface area contributed by atoms with Gasteiger partial charge in [-0.25, -0.2) is 9.78 Å². The van der Waals surface area contributed by atoms with Crippen LogP contribution >= 0.6 is 0 Å². The minimum Gasteiger partial charge on any atom is -0.459 e. The molecule has 0 atom stereocenters. The number of alkyl halides is 3. The quantitative estimate of drug-likeness (QED) is 0.619. The fraction of sp³-hybridized carbons (Fsp3) is 0.294. The van der Waals surface area contributed by atoms with Crippen LogP contribution in [0.1, 0.15) is 11.1 Å². The Morgan fingerprint density at radius 3 is 2.57 bits per heavy atom. The van der Waals surface area contributed by atoms with E-state index in [2.05, 4.69) is 4.98 Å². The zero-order valence-corrected chi connectivity index (χ0v) is 14.9. The van der Waals surface area contributed by atoms with E-state index >= 15 is 0 Å². The first-order valence-corrected chi connectivity index (χ1v) is 8.02. The largest absolute Gasteiger partial charge is 0.459 e. The minimum absolute atomic E-state index is 0.0422. The van der Waals surface area contributed by atoms with Crippen LogP contribution in [-0.4, -0.2) is 24.7 Å². The van der Waals surface area contributed by atoms with Crippen LogP contribution in [-0.2, 0) is 43.0 Å². The second-order valence-corrected chi connectivity index (χ2v) is 6.11. The number of nitrogens with zero attached hydrogens (tertiary/aromatic N) is 4. The van der Waals surface area contributed by atoms with Crippen molar-refractivity contribution in [1.82, 2.24) is 18.7 Å². The van der Waals surface area contributed by atoms with Crippen LogP contribution in [0.25, 0.3) is 11.2 Å². The molecule has 0 saturated carbocycles. The van der Waals surface area contributed by atoms with Crippen LogP contribution in [0.15, 0.2) is 40.2 Å². The Balaban J connectivity index is 1.78. The average Bonchev–Trinajstić information content (AvgIpc) is 3.06. The summed E-state index contributed by atoms with van der Waals surface area (Å²) in [6, 6.07) is 4.44. The molecule has 0 saturated heterocycles. The van der Waals surface area contributed by atoms with E-state index in [9.17, 15) is 27.6 Å². The van der Waals surface area contributed by atoms with Gasteiger partial charge in [0.25, 0.3) is 5.56 Å². The van der Waals surface area contributed by atoms with Crippen molar-refractivity contribution in [3.05, 3.63) is 62.6 Å². The summed E-state index contributed by atoms with van der Waals surface area (Å²) in [4.78, 5) is 40.3. The van der Waals surface area contributed by atoms with Gasteiger partial charge in [0.1, 0.15) is 13.2 Å². The average molecular weight is 396 g/mol. The van der Waals surface area contributed by atoms with E-state index in [1.165, 1.54) is 41.7 Å². The number of ether oxygens (including phenoxy) is 1. The summed E-state index contributed by atoms with van der Waals surface area (Å²) in [5.41, 5.74) is -1.70. The molecule has 0 amide bonds. The lowest BCUT2D eigenvalue weighted by Crippen LogP contribution is -2.37. The van der Waals surface area contributed by atoms with Crippen molar-refractivity contribution in [3.63, 3.8) is 0 Å². The summed E-state index contributed by atoms with van der Waals surface area (Å²) in [5.74, 6) is -0.771. The van der Waals surface area contributed by atoms with Gasteiger partial charge in [-0.2, -0.15) is 13.2 Å². The van der Waals surface area contributed by atoms with Gasteiger partial charge in [-0.05, 0) is 17.7 Å². The summed E-state index contributed by atoms with van der Waals surface area (Å²) in [6.07, 6.45) is -3.28. The van der Waals surface area contributed by atoms with Gasteiger partial charge < -0.3 is 9.30 Å². The van der Waals surface area contributed by atoms with Crippen LogP contribution in [0.3, 0.4) is 0 Å². The summed E-state index contributed by atoms with van der Waals surface area (Å²) in [7, 11) is 2.74. The molecule has 3 rings (SSSR count). The van der Waals surface area contributed by atoms with Gasteiger partial charge in [0, 0.05) is 14.1 Å². The monoisotopic (exact) mass is 396 g/mol. The predicted molar refractivity (Wildman–Crippen MR) is 91.5 cm³/mol. The highest BCUT2D eigenvalue weighted by atomic mass is 19.4. The number of rotatable bonds is 4. The maximum absolute atomic E-state index is 12.7. The third-order valence-corrected chi connectivity index (χ3v) is 4.17. The lowest BCUT2D eigenvalue weighted by molar-refractivity contribution is -0.145. The minimum atomic E-state index is -4.49. The zero-order valence-electron chi connectivity index (χ0n) is 14.9. The van der Waals surface area contributed by atoms with Gasteiger partial charge in [-0.3, -0.25) is 18.7 Å². The molecule has 0 fully saturated rings. The van der Waals surface area contributed by atoms with E-state index in [1.807, 2.05) is 0 Å². The molecule has 0 spiro atoms. The summed E-state index contributed by atoms with van der Waals surface area (Å²) in [6.45, 7) is -0.741. The zero-order chi connectivity index (χ0) is 20.6. The maximum atomic E-state index is 12.7. The maximum Gasteiger partial charge on any atom is 0.416 e. The molecule has 1 aromatic carbocycles. The van der Waals surface area contributed by atoms with Gasteiger partial charge in [0.15, 0.2) is 11.2 Å². The van der Waals surface area contributed by atoms with Crippen molar-refractivity contribution in [2.75, 3.05) is 0 Å². The van der Waals surface area contributed by atoms with Gasteiger partial charge in [0.05, 0.1) is 11.9 Å². The van der Waals surface area contributed by atoms with Gasteiger partial charge >= 0.3 is 17.8 Å². The lowest BCUT2D eigenvalue weighted by Gasteiger charge is -2.10. The third kappa shape index (κ3) is 3.55. The molecule has 2 aromatic heterocycles. The number of hydrogen-bond donors (Lipinski definition) is 0. The molecule has 0 aliphatic heterocycles. The SMILES string of the molecule is Cn1c(=O)c2c(ncn2CC(=O)OCc2cccc(C(F)(F)F)c2)n(C)c1=O. The van der Waals surface area contributed by atoms with Crippen LogP contribution in [0.5, 0.6) is 0 Å². The van der Waals surface area contributed by atoms with Crippen molar-refractivity contribution in [3.8, 4) is 0 Å². The molecule has 148 valence electrons. The molecule has 8 nitrogen and oxygen atoms in total. The highest BCUT2D eigenvalue weighted by Crippen LogP contribution is 2.29. The van der Waals surface area contributed by atoms with E-state index in [4.69, 9.17) is 4.74 Å². The number of carbonyl (C=O) groups excluding carboxylic acids is 1. The van der Waals surface area contributed by atoms with E-state index in [0.29, 0.717) is 0 Å². The van der Waals surface area contributed by atoms with E-state index in [-0.39, 0.29) is 29.9 Å². The second-order valence-electron chi connectivity index (χ2n) is 6.11. The standard InChI is InChI=1S/C17H15F3N4O4/c1-22-14-13(15(26)23(2)16(22)27)24(9-21-14)7-12(25)28-8-10-4-3-5-11(6-10)17(18,19)20/h3-6,9H,7-8H2,1-2H3. The Bertz CT molecular complexity index is 1170. The fourth-order valence-corrected chi connectivity index (χ4v) is 2.70. The van der Waals surface area contributed by atoms with Gasteiger partial charge in [-0.15, -0.1) is 0 Å². The molecule has 0 aliphatic carbocycles. The summed E-state index contributed by atoms with van der Waals surface area (Å²) >= 11 is 0. The van der Waals surface area contributed by atoms with Crippen molar-refractivity contribution < 1.29 is 22.7 Å². The van der Waals surface area contributed by atoms with E-state index < -0.39 is 29.0 Å². The second kappa shape index (κ2) is 6.98. The van der Waals surface area contributed by atoms with Crippen molar-refractivity contribution in [2.24, 2.45) is 14.1 Å². The highest BCUT2D eigenvalue weighted by molar-refractivity contribution is 5.75. The number of esters is 1. The number of aryl methyl sites for hydroxylation is 1. The molecular formula is C17H15F3N4O4. The molecule has 2 heterocycles. The first kappa shape index (κ1) is 19.4. The number of fused-ring (bicyclic) bond motifs is 1. The normalized spacial score (nSPS) is 11.8. The number of imidazole rings is 1. The number of hydrogen-bond acceptors (Lipinski definition) is 5. The van der Waals surface area contributed by atoms with Crippen LogP contribution in [0, 0.1) is 0 Å². The molecule has 0 bridgehead atoms. The van der Waals surface area contributed by atoms with Gasteiger partial charge in [0.2, 0.25) is 0 Å². The topological polar surface area (TPSA) is 88.1 Å². The number of carbonyl (C=O) groups is 1. The molecule has 0 N–H and O–H groups in total. The predicted octanol–water partition coefficient (Wildman–Crippen LogP) is 1.20. The first-order chi connectivity index (χ1) is 13.1. The number of aromatic nitrogens is 4. The number of halogens is 3. The summed E-state index contributed by atoms with van der Waals surface area (Å²) in [5, 5.41) is 0. The van der Waals surface area contributed by atoms with Crippen LogP contribution in [0.4, 0.5) is 13.2 Å². The Morgan fingerprint density at radius 1 is 1.18 bits per heavy atom. The van der Waals surface area contributed by atoms with Crippen molar-refractivity contribution in [1.29, 1.82) is 0 Å². The summed E-state index contributed by atoms with van der Waals surface area (Å²) < 4.78 is 46.5. The van der Waals surface area contributed by atoms with E-state index in [0.717, 1.165) is 16.7 Å². The fourth-order valence-electron chi connectivity index (χ4n) is 2.70. The molecule has 0 radical (unpaired) electrons. The smallest absolute Gasteiger partial charge is 0.416 e. The molecule has 0 aliphatic rings. The third-order valence-electron chi connectivity index (χ3n) is 4.17. The first-order valence-electron chi connectivity index (χ1n) is 8.02. The van der Waals surface area contributed by atoms with Crippen molar-refractivity contribution in [2.45, 2.75) is 19.3 Å². The van der Waals surface area contributed by atoms with Crippen LogP contribution in [0.2, 0.25) is 0 Å². The van der Waals surface area contributed by atoms with Crippen LogP contribution < -0.4 is 11.2 Å². The molecular weight excluding hydrogens is 381 g/mol. The Kier molecular flexibility index (Phi) is 4.84. The molecule has 28 heavy (non-hydrogen) atoms. The lowest BCUT2D eigenvalue weighted by atomic mass is 10.1. The number of benzene rings is 1. The molecule has 3 aromatic rings. The Morgan fingerprint density at radius 2 is 1.89 bits per heavy atom. The molecule has 0 unspecified atom stereocenters. The van der Waals surface area contributed by atoms with Crippen molar-refractivity contribution >= 4 is 17.1 Å². The molecule has 11 heteroatoms. The Hall–Kier alpha value is -3.37. The van der Waals surface area contributed by atoms with E-state index in [1.54, 1.807) is 0 Å². The Labute approximate surface area is 155 Å².